The fraction of sp³-hybridized carbons (Fsp3) is 0.833. The number of unbranched alkanes of at least 4 members (excludes halogenated alkanes) is 1. The van der Waals surface area contributed by atoms with Gasteiger partial charge in [-0.25, -0.2) is 9.36 Å². The standard InChI is InChI=1S/C4H10.C2H5O5P/c1-3-4-2;1-7-2(3)8(4,5)6/h3-4H2,1-2H3;1H3,(H2,4,5,6). The minimum atomic E-state index is -4.62. The second-order valence-corrected chi connectivity index (χ2v) is 3.47. The predicted molar refractivity (Wildman–Crippen MR) is 45.0 cm³/mol. The third-order valence-electron chi connectivity index (χ3n) is 0.912. The Morgan fingerprint density at radius 3 is 1.67 bits per heavy atom. The summed E-state index contributed by atoms with van der Waals surface area (Å²) in [5.74, 6) is 0. The van der Waals surface area contributed by atoms with E-state index in [1.165, 1.54) is 12.8 Å². The first-order chi connectivity index (χ1) is 5.40. The van der Waals surface area contributed by atoms with Crippen molar-refractivity contribution in [1.82, 2.24) is 0 Å². The lowest BCUT2D eigenvalue weighted by Gasteiger charge is -1.97. The van der Waals surface area contributed by atoms with Crippen LogP contribution in [0.2, 0.25) is 0 Å². The Morgan fingerprint density at radius 2 is 1.67 bits per heavy atom. The normalized spacial score (nSPS) is 9.75. The van der Waals surface area contributed by atoms with E-state index < -0.39 is 13.3 Å². The second-order valence-electron chi connectivity index (χ2n) is 2.01. The third-order valence-corrected chi connectivity index (χ3v) is 1.57. The smallest absolute Gasteiger partial charge is 0.433 e. The zero-order valence-electron chi connectivity index (χ0n) is 7.48. The second kappa shape index (κ2) is 7.28. The fourth-order valence-corrected chi connectivity index (χ4v) is 0.357. The molecule has 0 fully saturated rings. The molecule has 0 radical (unpaired) electrons. The molecule has 0 heterocycles. The van der Waals surface area contributed by atoms with E-state index >= 15 is 0 Å². The molecule has 12 heavy (non-hydrogen) atoms. The first-order valence-electron chi connectivity index (χ1n) is 3.54. The average Bonchev–Trinajstić information content (AvgIpc) is 2.02. The van der Waals surface area contributed by atoms with Crippen LogP contribution in [0.1, 0.15) is 26.7 Å². The molecule has 74 valence electrons. The molecule has 0 spiro atoms. The van der Waals surface area contributed by atoms with Gasteiger partial charge in [0.2, 0.25) is 0 Å². The molecule has 0 atom stereocenters. The Morgan fingerprint density at radius 1 is 1.33 bits per heavy atom. The van der Waals surface area contributed by atoms with Gasteiger partial charge in [0.05, 0.1) is 7.11 Å². The van der Waals surface area contributed by atoms with E-state index in [2.05, 4.69) is 18.6 Å². The summed E-state index contributed by atoms with van der Waals surface area (Å²) in [6, 6.07) is 0. The molecule has 0 aromatic heterocycles. The SMILES string of the molecule is CCCC.COC(=O)P(=O)(O)O. The van der Waals surface area contributed by atoms with Crippen molar-refractivity contribution in [3.63, 3.8) is 0 Å². The van der Waals surface area contributed by atoms with Crippen LogP contribution < -0.4 is 0 Å². The fourth-order valence-electron chi connectivity index (χ4n) is 0.119. The van der Waals surface area contributed by atoms with Gasteiger partial charge in [0.15, 0.2) is 0 Å². The maximum Gasteiger partial charge on any atom is 0.433 e. The average molecular weight is 198 g/mol. The molecular weight excluding hydrogens is 183 g/mol. The summed E-state index contributed by atoms with van der Waals surface area (Å²) in [7, 11) is -3.71. The molecule has 0 bridgehead atoms. The predicted octanol–water partition coefficient (Wildman–Crippen LogP) is 1.74. The highest BCUT2D eigenvalue weighted by Crippen LogP contribution is 2.36. The molecule has 0 aliphatic carbocycles. The number of methoxy groups -OCH3 is 1. The highest BCUT2D eigenvalue weighted by molar-refractivity contribution is 7.69. The first-order valence-corrected chi connectivity index (χ1v) is 5.15. The zero-order valence-corrected chi connectivity index (χ0v) is 8.38. The maximum absolute atomic E-state index is 9.85. The van der Waals surface area contributed by atoms with E-state index in [-0.39, 0.29) is 0 Å². The molecule has 0 amide bonds. The van der Waals surface area contributed by atoms with Gasteiger partial charge in [0.25, 0.3) is 0 Å². The van der Waals surface area contributed by atoms with Crippen LogP contribution in [0.4, 0.5) is 4.79 Å². The summed E-state index contributed by atoms with van der Waals surface area (Å²) in [4.78, 5) is 25.7. The Bertz CT molecular complexity index is 159. The van der Waals surface area contributed by atoms with Gasteiger partial charge in [-0.2, -0.15) is 0 Å². The molecule has 0 aromatic carbocycles. The van der Waals surface area contributed by atoms with Crippen molar-refractivity contribution in [2.75, 3.05) is 7.11 Å². The van der Waals surface area contributed by atoms with E-state index in [9.17, 15) is 9.36 Å². The van der Waals surface area contributed by atoms with Crippen LogP contribution in [0, 0.1) is 0 Å². The van der Waals surface area contributed by atoms with Crippen molar-refractivity contribution in [1.29, 1.82) is 0 Å². The Kier molecular flexibility index (Phi) is 8.59. The molecule has 0 aliphatic rings. The van der Waals surface area contributed by atoms with E-state index in [1.807, 2.05) is 0 Å². The van der Waals surface area contributed by atoms with Gasteiger partial charge in [0, 0.05) is 0 Å². The number of rotatable bonds is 2. The minimum Gasteiger partial charge on any atom is -0.460 e. The van der Waals surface area contributed by atoms with Crippen LogP contribution in [-0.4, -0.2) is 22.6 Å². The van der Waals surface area contributed by atoms with Gasteiger partial charge < -0.3 is 14.5 Å². The van der Waals surface area contributed by atoms with Gasteiger partial charge in [-0.1, -0.05) is 26.7 Å². The van der Waals surface area contributed by atoms with Crippen molar-refractivity contribution < 1.29 is 23.9 Å². The summed E-state index contributed by atoms with van der Waals surface area (Å²) in [5, 5.41) is 0. The lowest BCUT2D eigenvalue weighted by molar-refractivity contribution is 0.187. The summed E-state index contributed by atoms with van der Waals surface area (Å²) in [6.07, 6.45) is 2.64. The third kappa shape index (κ3) is 9.62. The van der Waals surface area contributed by atoms with Crippen LogP contribution in [0.25, 0.3) is 0 Å². The van der Waals surface area contributed by atoms with Gasteiger partial charge in [-0.05, 0) is 0 Å². The van der Waals surface area contributed by atoms with Crippen molar-refractivity contribution in [2.45, 2.75) is 26.7 Å². The maximum atomic E-state index is 9.85. The Labute approximate surface area is 71.9 Å². The number of hydrogen-bond acceptors (Lipinski definition) is 3. The van der Waals surface area contributed by atoms with Crippen LogP contribution in [0.5, 0.6) is 0 Å². The summed E-state index contributed by atoms with van der Waals surface area (Å²) in [5.41, 5.74) is -1.50. The molecule has 0 saturated carbocycles. The number of carbonyl (C=O) groups is 1. The molecule has 0 unspecified atom stereocenters. The minimum absolute atomic E-state index is 0.904. The summed E-state index contributed by atoms with van der Waals surface area (Å²) >= 11 is 0. The van der Waals surface area contributed by atoms with Gasteiger partial charge in [-0.15, -0.1) is 0 Å². The Hall–Kier alpha value is -0.380. The quantitative estimate of drug-likeness (QED) is 0.660. The molecule has 0 rings (SSSR count). The molecular formula is C6H15O5P. The van der Waals surface area contributed by atoms with E-state index in [0.717, 1.165) is 7.11 Å². The summed E-state index contributed by atoms with van der Waals surface area (Å²) < 4.78 is 13.5. The molecule has 6 heteroatoms. The highest BCUT2D eigenvalue weighted by Gasteiger charge is 2.26. The monoisotopic (exact) mass is 198 g/mol. The van der Waals surface area contributed by atoms with E-state index in [1.54, 1.807) is 0 Å². The summed E-state index contributed by atoms with van der Waals surface area (Å²) in [6.45, 7) is 4.36. The largest absolute Gasteiger partial charge is 0.460 e. The van der Waals surface area contributed by atoms with Crippen LogP contribution in [0.3, 0.4) is 0 Å². The van der Waals surface area contributed by atoms with Crippen molar-refractivity contribution >= 4 is 13.3 Å². The van der Waals surface area contributed by atoms with Crippen molar-refractivity contribution in [3.05, 3.63) is 0 Å². The lowest BCUT2D eigenvalue weighted by atomic mass is 10.4. The number of carbonyl (C=O) groups excluding carboxylic acids is 1. The van der Waals surface area contributed by atoms with E-state index in [4.69, 9.17) is 9.79 Å². The molecule has 2 N–H and O–H groups in total. The highest BCUT2D eigenvalue weighted by atomic mass is 31.2. The first kappa shape index (κ1) is 14.2. The van der Waals surface area contributed by atoms with Crippen LogP contribution >= 0.6 is 7.60 Å². The number of hydrogen-bond donors (Lipinski definition) is 2. The van der Waals surface area contributed by atoms with Crippen LogP contribution in [0.15, 0.2) is 0 Å². The van der Waals surface area contributed by atoms with Gasteiger partial charge >= 0.3 is 13.3 Å². The van der Waals surface area contributed by atoms with Gasteiger partial charge in [0.1, 0.15) is 0 Å². The van der Waals surface area contributed by atoms with E-state index in [0.29, 0.717) is 0 Å². The molecule has 0 aliphatic heterocycles. The molecule has 5 nitrogen and oxygen atoms in total. The van der Waals surface area contributed by atoms with Crippen molar-refractivity contribution in [3.8, 4) is 0 Å². The molecule has 0 aromatic rings. The number of ether oxygens (including phenoxy) is 1. The van der Waals surface area contributed by atoms with Crippen LogP contribution in [-0.2, 0) is 9.30 Å². The molecule has 0 saturated heterocycles. The lowest BCUT2D eigenvalue weighted by Crippen LogP contribution is -1.97. The van der Waals surface area contributed by atoms with Gasteiger partial charge in [-0.3, -0.25) is 0 Å². The Balaban J connectivity index is 0. The van der Waals surface area contributed by atoms with Crippen molar-refractivity contribution in [2.24, 2.45) is 0 Å². The topological polar surface area (TPSA) is 83.8 Å². The zero-order chi connectivity index (χ0) is 10.2.